The lowest BCUT2D eigenvalue weighted by Crippen LogP contribution is -2.31. The topological polar surface area (TPSA) is 41.1 Å². The quantitative estimate of drug-likeness (QED) is 0.814. The first-order valence-corrected chi connectivity index (χ1v) is 8.17. The summed E-state index contributed by atoms with van der Waals surface area (Å²) in [6.07, 6.45) is 3.30. The predicted octanol–water partition coefficient (Wildman–Crippen LogP) is 3.54. The Morgan fingerprint density at radius 3 is 2.53 bits per heavy atom. The van der Waals surface area contributed by atoms with Crippen molar-refractivity contribution in [2.45, 2.75) is 19.3 Å². The SMILES string of the molecule is O=C(Nc1c(Br)cccc1Br)C1CC12CCNCC2. The number of halogens is 2. The molecule has 1 spiro atoms. The molecular formula is C14H16Br2N2O. The fraction of sp³-hybridized carbons (Fsp3) is 0.500. The van der Waals surface area contributed by atoms with Crippen molar-refractivity contribution < 1.29 is 4.79 Å². The molecule has 0 aromatic heterocycles. The normalized spacial score (nSPS) is 24.2. The van der Waals surface area contributed by atoms with Gasteiger partial charge in [-0.05, 0) is 81.8 Å². The summed E-state index contributed by atoms with van der Waals surface area (Å²) >= 11 is 6.96. The first kappa shape index (κ1) is 13.6. The second kappa shape index (κ2) is 5.19. The number of piperidine rings is 1. The smallest absolute Gasteiger partial charge is 0.228 e. The molecule has 3 nitrogen and oxygen atoms in total. The molecule has 5 heteroatoms. The van der Waals surface area contributed by atoms with Crippen LogP contribution in [0.3, 0.4) is 0 Å². The second-order valence-electron chi connectivity index (χ2n) is 5.45. The van der Waals surface area contributed by atoms with E-state index in [9.17, 15) is 4.79 Å². The molecule has 1 aromatic rings. The van der Waals surface area contributed by atoms with E-state index in [2.05, 4.69) is 42.5 Å². The first-order chi connectivity index (χ1) is 9.12. The fourth-order valence-corrected chi connectivity index (χ4v) is 4.22. The molecule has 1 aliphatic carbocycles. The molecule has 102 valence electrons. The summed E-state index contributed by atoms with van der Waals surface area (Å²) in [4.78, 5) is 12.4. The summed E-state index contributed by atoms with van der Waals surface area (Å²) in [5.74, 6) is 0.350. The van der Waals surface area contributed by atoms with Gasteiger partial charge in [0.15, 0.2) is 0 Å². The number of benzene rings is 1. The van der Waals surface area contributed by atoms with Gasteiger partial charge < -0.3 is 10.6 Å². The van der Waals surface area contributed by atoms with E-state index in [-0.39, 0.29) is 17.2 Å². The van der Waals surface area contributed by atoms with Gasteiger partial charge in [0.05, 0.1) is 5.69 Å². The predicted molar refractivity (Wildman–Crippen MR) is 83.1 cm³/mol. The number of para-hydroxylation sites is 1. The van der Waals surface area contributed by atoms with Crippen LogP contribution in [0.2, 0.25) is 0 Å². The Bertz CT molecular complexity index is 492. The zero-order valence-corrected chi connectivity index (χ0v) is 13.7. The van der Waals surface area contributed by atoms with Crippen LogP contribution >= 0.6 is 31.9 Å². The van der Waals surface area contributed by atoms with E-state index in [1.807, 2.05) is 18.2 Å². The summed E-state index contributed by atoms with van der Waals surface area (Å²) in [6, 6.07) is 5.82. The van der Waals surface area contributed by atoms with E-state index in [1.54, 1.807) is 0 Å². The van der Waals surface area contributed by atoms with E-state index in [0.29, 0.717) is 0 Å². The van der Waals surface area contributed by atoms with Crippen LogP contribution in [0, 0.1) is 11.3 Å². The lowest BCUT2D eigenvalue weighted by atomic mass is 9.92. The van der Waals surface area contributed by atoms with E-state index in [1.165, 1.54) is 0 Å². The number of nitrogens with one attached hydrogen (secondary N) is 2. The largest absolute Gasteiger partial charge is 0.324 e. The molecule has 2 aliphatic rings. The van der Waals surface area contributed by atoms with Crippen molar-refractivity contribution in [2.75, 3.05) is 18.4 Å². The third-order valence-electron chi connectivity index (χ3n) is 4.32. The summed E-state index contributed by atoms with van der Waals surface area (Å²) in [5.41, 5.74) is 1.12. The van der Waals surface area contributed by atoms with E-state index >= 15 is 0 Å². The minimum atomic E-state index is 0.162. The van der Waals surface area contributed by atoms with Crippen LogP contribution < -0.4 is 10.6 Å². The molecule has 1 saturated heterocycles. The third-order valence-corrected chi connectivity index (χ3v) is 5.64. The fourth-order valence-electron chi connectivity index (χ4n) is 3.02. The van der Waals surface area contributed by atoms with Crippen LogP contribution in [-0.2, 0) is 4.79 Å². The van der Waals surface area contributed by atoms with E-state index in [0.717, 1.165) is 47.0 Å². The molecule has 1 heterocycles. The molecule has 19 heavy (non-hydrogen) atoms. The van der Waals surface area contributed by atoms with Crippen LogP contribution in [-0.4, -0.2) is 19.0 Å². The average Bonchev–Trinajstić information content (AvgIpc) is 3.08. The van der Waals surface area contributed by atoms with Gasteiger partial charge in [-0.25, -0.2) is 0 Å². The number of rotatable bonds is 2. The highest BCUT2D eigenvalue weighted by molar-refractivity contribution is 9.11. The standard InChI is InChI=1S/C14H16Br2N2O/c15-10-2-1-3-11(16)12(10)18-13(19)9-8-14(9)4-6-17-7-5-14/h1-3,9,17H,4-8H2,(H,18,19). The van der Waals surface area contributed by atoms with Gasteiger partial charge in [-0.1, -0.05) is 6.07 Å². The molecule has 0 radical (unpaired) electrons. The summed E-state index contributed by atoms with van der Waals surface area (Å²) in [5, 5.41) is 6.42. The van der Waals surface area contributed by atoms with Crippen LogP contribution in [0.1, 0.15) is 19.3 Å². The molecule has 1 amide bonds. The molecule has 1 aliphatic heterocycles. The zero-order valence-electron chi connectivity index (χ0n) is 10.5. The number of hydrogen-bond acceptors (Lipinski definition) is 2. The lowest BCUT2D eigenvalue weighted by molar-refractivity contribution is -0.118. The number of hydrogen-bond donors (Lipinski definition) is 2. The number of amides is 1. The maximum absolute atomic E-state index is 12.4. The van der Waals surface area contributed by atoms with Crippen molar-refractivity contribution in [1.29, 1.82) is 0 Å². The maximum atomic E-state index is 12.4. The molecule has 3 rings (SSSR count). The van der Waals surface area contributed by atoms with Crippen molar-refractivity contribution in [2.24, 2.45) is 11.3 Å². The molecular weight excluding hydrogens is 372 g/mol. The first-order valence-electron chi connectivity index (χ1n) is 6.58. The molecule has 1 aromatic carbocycles. The van der Waals surface area contributed by atoms with Crippen molar-refractivity contribution in [3.8, 4) is 0 Å². The maximum Gasteiger partial charge on any atom is 0.228 e. The molecule has 1 saturated carbocycles. The van der Waals surface area contributed by atoms with E-state index < -0.39 is 0 Å². The summed E-state index contributed by atoms with van der Waals surface area (Å²) < 4.78 is 1.82. The average molecular weight is 388 g/mol. The summed E-state index contributed by atoms with van der Waals surface area (Å²) in [7, 11) is 0. The van der Waals surface area contributed by atoms with Crippen LogP contribution in [0.25, 0.3) is 0 Å². The minimum Gasteiger partial charge on any atom is -0.324 e. The highest BCUT2D eigenvalue weighted by atomic mass is 79.9. The molecule has 1 unspecified atom stereocenters. The third kappa shape index (κ3) is 2.60. The second-order valence-corrected chi connectivity index (χ2v) is 7.16. The molecule has 2 fully saturated rings. The van der Waals surface area contributed by atoms with Gasteiger partial charge >= 0.3 is 0 Å². The van der Waals surface area contributed by atoms with Gasteiger partial charge in [-0.15, -0.1) is 0 Å². The highest BCUT2D eigenvalue weighted by Gasteiger charge is 2.57. The molecule has 0 bridgehead atoms. The van der Waals surface area contributed by atoms with Gasteiger partial charge in [-0.3, -0.25) is 4.79 Å². The van der Waals surface area contributed by atoms with Crippen LogP contribution in [0.15, 0.2) is 27.1 Å². The zero-order chi connectivity index (χ0) is 13.5. The highest BCUT2D eigenvalue weighted by Crippen LogP contribution is 2.59. The van der Waals surface area contributed by atoms with Gasteiger partial charge in [0.25, 0.3) is 0 Å². The molecule has 2 N–H and O–H groups in total. The minimum absolute atomic E-state index is 0.162. The van der Waals surface area contributed by atoms with Crippen LogP contribution in [0.4, 0.5) is 5.69 Å². The Labute approximate surface area is 129 Å². The van der Waals surface area contributed by atoms with Crippen molar-refractivity contribution in [3.63, 3.8) is 0 Å². The van der Waals surface area contributed by atoms with Crippen molar-refractivity contribution in [3.05, 3.63) is 27.1 Å². The number of anilines is 1. The van der Waals surface area contributed by atoms with Crippen LogP contribution in [0.5, 0.6) is 0 Å². The summed E-state index contributed by atoms with van der Waals surface area (Å²) in [6.45, 7) is 2.09. The van der Waals surface area contributed by atoms with Crippen molar-refractivity contribution >= 4 is 43.5 Å². The Hall–Kier alpha value is -0.390. The lowest BCUT2D eigenvalue weighted by Gasteiger charge is -2.23. The number of carbonyl (C=O) groups is 1. The van der Waals surface area contributed by atoms with Gasteiger partial charge in [-0.2, -0.15) is 0 Å². The number of carbonyl (C=O) groups excluding carboxylic acids is 1. The Morgan fingerprint density at radius 1 is 1.26 bits per heavy atom. The van der Waals surface area contributed by atoms with Gasteiger partial charge in [0.2, 0.25) is 5.91 Å². The Kier molecular flexibility index (Phi) is 3.71. The Balaban J connectivity index is 1.70. The van der Waals surface area contributed by atoms with Gasteiger partial charge in [0.1, 0.15) is 0 Å². The van der Waals surface area contributed by atoms with Crippen molar-refractivity contribution in [1.82, 2.24) is 5.32 Å². The van der Waals surface area contributed by atoms with E-state index in [4.69, 9.17) is 0 Å². The molecule has 1 atom stereocenters. The van der Waals surface area contributed by atoms with Gasteiger partial charge in [0, 0.05) is 14.9 Å². The Morgan fingerprint density at radius 2 is 1.89 bits per heavy atom. The monoisotopic (exact) mass is 386 g/mol.